The summed E-state index contributed by atoms with van der Waals surface area (Å²) in [6.45, 7) is 4.54. The minimum Gasteiger partial charge on any atom is -0.454 e. The van der Waals surface area contributed by atoms with Crippen molar-refractivity contribution in [3.05, 3.63) is 39.6 Å². The number of sulfonamides is 1. The normalized spacial score (nSPS) is 20.0. The smallest absolute Gasteiger partial charge is 0.244 e. The molecule has 1 atom stereocenters. The van der Waals surface area contributed by atoms with Gasteiger partial charge in [0.1, 0.15) is 0 Å². The first-order valence-corrected chi connectivity index (χ1v) is 11.1. The van der Waals surface area contributed by atoms with E-state index in [1.807, 2.05) is 13.8 Å². The summed E-state index contributed by atoms with van der Waals surface area (Å²) in [7, 11) is -3.58. The van der Waals surface area contributed by atoms with Gasteiger partial charge >= 0.3 is 0 Å². The molecule has 0 radical (unpaired) electrons. The Hall–Kier alpha value is -1.90. The summed E-state index contributed by atoms with van der Waals surface area (Å²) in [5.74, 6) is 0.786. The van der Waals surface area contributed by atoms with E-state index in [1.54, 1.807) is 24.3 Å². The molecule has 2 aromatic rings. The third kappa shape index (κ3) is 3.37. The van der Waals surface area contributed by atoms with Crippen LogP contribution in [0, 0.1) is 19.8 Å². The minimum atomic E-state index is -3.58. The number of Topliss-reactive ketones (excluding diaryl/α,β-unsaturated/α-hetero) is 1. The van der Waals surface area contributed by atoms with Crippen molar-refractivity contribution in [3.8, 4) is 11.5 Å². The van der Waals surface area contributed by atoms with Crippen molar-refractivity contribution in [1.82, 2.24) is 4.31 Å². The van der Waals surface area contributed by atoms with Gasteiger partial charge < -0.3 is 9.47 Å². The third-order valence-electron chi connectivity index (χ3n) is 5.03. The highest BCUT2D eigenvalue weighted by atomic mass is 32.2. The van der Waals surface area contributed by atoms with Crippen LogP contribution in [0.3, 0.4) is 0 Å². The molecule has 0 saturated carbocycles. The lowest BCUT2D eigenvalue weighted by molar-refractivity contribution is 0.0872. The van der Waals surface area contributed by atoms with Gasteiger partial charge in [0, 0.05) is 34.3 Å². The van der Waals surface area contributed by atoms with Crippen LogP contribution in [-0.4, -0.2) is 38.4 Å². The fraction of sp³-hybridized carbons (Fsp3) is 0.421. The first kappa shape index (κ1) is 18.5. The van der Waals surface area contributed by atoms with E-state index >= 15 is 0 Å². The van der Waals surface area contributed by atoms with Gasteiger partial charge in [-0.25, -0.2) is 8.42 Å². The summed E-state index contributed by atoms with van der Waals surface area (Å²) in [4.78, 5) is 15.1. The third-order valence-corrected chi connectivity index (χ3v) is 8.11. The van der Waals surface area contributed by atoms with E-state index in [1.165, 1.54) is 15.6 Å². The zero-order chi connectivity index (χ0) is 19.2. The minimum absolute atomic E-state index is 0.0496. The zero-order valence-corrected chi connectivity index (χ0v) is 16.9. The Bertz CT molecular complexity index is 996. The predicted octanol–water partition coefficient (Wildman–Crippen LogP) is 3.38. The van der Waals surface area contributed by atoms with E-state index in [0.29, 0.717) is 41.3 Å². The molecule has 27 heavy (non-hydrogen) atoms. The number of fused-ring (bicyclic) bond motifs is 1. The van der Waals surface area contributed by atoms with Gasteiger partial charge in [-0.2, -0.15) is 4.31 Å². The Balaban J connectivity index is 1.56. The van der Waals surface area contributed by atoms with Gasteiger partial charge in [0.05, 0.1) is 4.90 Å². The number of benzene rings is 1. The maximum Gasteiger partial charge on any atom is 0.244 e. The predicted molar refractivity (Wildman–Crippen MR) is 102 cm³/mol. The van der Waals surface area contributed by atoms with E-state index in [2.05, 4.69) is 0 Å². The molecule has 3 heterocycles. The molecule has 0 aliphatic carbocycles. The van der Waals surface area contributed by atoms with Crippen LogP contribution < -0.4 is 9.47 Å². The van der Waals surface area contributed by atoms with Gasteiger partial charge in [-0.15, -0.1) is 11.3 Å². The summed E-state index contributed by atoms with van der Waals surface area (Å²) in [5, 5.41) is 0. The van der Waals surface area contributed by atoms with Crippen molar-refractivity contribution in [1.29, 1.82) is 0 Å². The Morgan fingerprint density at radius 2 is 1.96 bits per heavy atom. The lowest BCUT2D eigenvalue weighted by atomic mass is 9.91. The van der Waals surface area contributed by atoms with Crippen LogP contribution in [-0.2, 0) is 10.0 Å². The number of hydrogen-bond donors (Lipinski definition) is 0. The number of piperidine rings is 1. The molecular weight excluding hydrogens is 386 g/mol. The van der Waals surface area contributed by atoms with Gasteiger partial charge in [-0.05, 0) is 51.0 Å². The molecule has 1 fully saturated rings. The number of ether oxygens (including phenoxy) is 2. The maximum atomic E-state index is 13.1. The van der Waals surface area contributed by atoms with Crippen molar-refractivity contribution in [2.45, 2.75) is 31.6 Å². The number of rotatable bonds is 4. The Morgan fingerprint density at radius 1 is 1.19 bits per heavy atom. The molecule has 2 aliphatic rings. The van der Waals surface area contributed by atoms with E-state index in [4.69, 9.17) is 9.47 Å². The SMILES string of the molecule is Cc1cc(S(=O)(=O)N2CCCC(C(=O)c3ccc4c(c3)OCO4)C2)c(C)s1. The van der Waals surface area contributed by atoms with Crippen LogP contribution in [0.4, 0.5) is 0 Å². The number of aryl methyl sites for hydroxylation is 2. The highest BCUT2D eigenvalue weighted by molar-refractivity contribution is 7.89. The Kier molecular flexibility index (Phi) is 4.73. The van der Waals surface area contributed by atoms with Gasteiger partial charge in [-0.1, -0.05) is 0 Å². The topological polar surface area (TPSA) is 72.9 Å². The molecule has 0 amide bonds. The second-order valence-electron chi connectivity index (χ2n) is 6.91. The van der Waals surface area contributed by atoms with Crippen LogP contribution in [0.1, 0.15) is 33.0 Å². The zero-order valence-electron chi connectivity index (χ0n) is 15.2. The number of ketones is 1. The second-order valence-corrected chi connectivity index (χ2v) is 10.3. The number of carbonyl (C=O) groups excluding carboxylic acids is 1. The summed E-state index contributed by atoms with van der Waals surface area (Å²) < 4.78 is 38.2. The molecular formula is C19H21NO5S2. The first-order valence-electron chi connectivity index (χ1n) is 8.87. The number of carbonyl (C=O) groups is 1. The lowest BCUT2D eigenvalue weighted by Gasteiger charge is -2.31. The van der Waals surface area contributed by atoms with Gasteiger partial charge in [-0.3, -0.25) is 4.79 Å². The van der Waals surface area contributed by atoms with Gasteiger partial charge in [0.15, 0.2) is 17.3 Å². The molecule has 0 bridgehead atoms. The molecule has 0 spiro atoms. The summed E-state index contributed by atoms with van der Waals surface area (Å²) in [6, 6.07) is 6.85. The lowest BCUT2D eigenvalue weighted by Crippen LogP contribution is -2.42. The molecule has 1 unspecified atom stereocenters. The summed E-state index contributed by atoms with van der Waals surface area (Å²) in [5.41, 5.74) is 0.533. The van der Waals surface area contributed by atoms with Crippen LogP contribution >= 0.6 is 11.3 Å². The average Bonchev–Trinajstić information content (AvgIpc) is 3.26. The van der Waals surface area contributed by atoms with Crippen molar-refractivity contribution in [2.75, 3.05) is 19.9 Å². The fourth-order valence-electron chi connectivity index (χ4n) is 3.66. The molecule has 4 rings (SSSR count). The monoisotopic (exact) mass is 407 g/mol. The van der Waals surface area contributed by atoms with E-state index in [-0.39, 0.29) is 25.0 Å². The van der Waals surface area contributed by atoms with E-state index in [9.17, 15) is 13.2 Å². The van der Waals surface area contributed by atoms with Crippen LogP contribution in [0.2, 0.25) is 0 Å². The molecule has 0 N–H and O–H groups in total. The quantitative estimate of drug-likeness (QED) is 0.727. The van der Waals surface area contributed by atoms with Crippen molar-refractivity contribution >= 4 is 27.1 Å². The average molecular weight is 408 g/mol. The molecule has 2 aliphatic heterocycles. The molecule has 144 valence electrons. The molecule has 1 aromatic heterocycles. The van der Waals surface area contributed by atoms with Gasteiger partial charge in [0.25, 0.3) is 0 Å². The fourth-order valence-corrected chi connectivity index (χ4v) is 6.71. The van der Waals surface area contributed by atoms with Crippen LogP contribution in [0.5, 0.6) is 11.5 Å². The summed E-state index contributed by atoms with van der Waals surface area (Å²) >= 11 is 1.48. The highest BCUT2D eigenvalue weighted by Crippen LogP contribution is 2.35. The van der Waals surface area contributed by atoms with Crippen molar-refractivity contribution < 1.29 is 22.7 Å². The number of thiophene rings is 1. The first-order chi connectivity index (χ1) is 12.9. The molecule has 6 nitrogen and oxygen atoms in total. The maximum absolute atomic E-state index is 13.1. The van der Waals surface area contributed by atoms with Crippen molar-refractivity contribution in [2.24, 2.45) is 5.92 Å². The molecule has 8 heteroatoms. The second kappa shape index (κ2) is 6.92. The van der Waals surface area contributed by atoms with Crippen LogP contribution in [0.25, 0.3) is 0 Å². The van der Waals surface area contributed by atoms with E-state index in [0.717, 1.165) is 9.75 Å². The van der Waals surface area contributed by atoms with Crippen molar-refractivity contribution in [3.63, 3.8) is 0 Å². The van der Waals surface area contributed by atoms with Crippen LogP contribution in [0.15, 0.2) is 29.2 Å². The number of hydrogen-bond acceptors (Lipinski definition) is 6. The molecule has 1 saturated heterocycles. The number of nitrogens with zero attached hydrogens (tertiary/aromatic N) is 1. The Morgan fingerprint density at radius 3 is 2.70 bits per heavy atom. The van der Waals surface area contributed by atoms with E-state index < -0.39 is 10.0 Å². The standard InChI is InChI=1S/C19H21NO5S2/c1-12-8-18(13(2)26-12)27(22,23)20-7-3-4-15(10-20)19(21)14-5-6-16-17(9-14)25-11-24-16/h5-6,8-9,15H,3-4,7,10-11H2,1-2H3. The highest BCUT2D eigenvalue weighted by Gasteiger charge is 2.35. The molecule has 1 aromatic carbocycles. The largest absolute Gasteiger partial charge is 0.454 e. The van der Waals surface area contributed by atoms with Gasteiger partial charge in [0.2, 0.25) is 16.8 Å². The Labute approximate surface area is 162 Å². The summed E-state index contributed by atoms with van der Waals surface area (Å²) in [6.07, 6.45) is 1.35.